The monoisotopic (exact) mass is 399 g/mol. The lowest BCUT2D eigenvalue weighted by molar-refractivity contribution is 0.0943. The Kier molecular flexibility index (Phi) is 5.43. The van der Waals surface area contributed by atoms with E-state index in [-0.39, 0.29) is 23.9 Å². The van der Waals surface area contributed by atoms with E-state index in [2.05, 4.69) is 20.4 Å². The second-order valence-corrected chi connectivity index (χ2v) is 6.37. The summed E-state index contributed by atoms with van der Waals surface area (Å²) in [5.41, 5.74) is 1.22. The Balaban J connectivity index is 1.58. The number of nitrogens with one attached hydrogen (secondary N) is 1. The van der Waals surface area contributed by atoms with Crippen molar-refractivity contribution in [3.8, 4) is 11.5 Å². The molecule has 4 rings (SSSR count). The summed E-state index contributed by atoms with van der Waals surface area (Å²) in [6, 6.07) is 5.40. The summed E-state index contributed by atoms with van der Waals surface area (Å²) in [6.45, 7) is 2.77. The Morgan fingerprint density at radius 1 is 1.21 bits per heavy atom. The van der Waals surface area contributed by atoms with Gasteiger partial charge in [-0.1, -0.05) is 5.16 Å². The molecule has 1 saturated heterocycles. The van der Waals surface area contributed by atoms with Gasteiger partial charge < -0.3 is 29.0 Å². The third kappa shape index (κ3) is 3.79. The highest BCUT2D eigenvalue weighted by Crippen LogP contribution is 2.28. The molecule has 3 aromatic rings. The van der Waals surface area contributed by atoms with Crippen LogP contribution in [0, 0.1) is 0 Å². The first kappa shape index (κ1) is 18.9. The van der Waals surface area contributed by atoms with Crippen molar-refractivity contribution in [2.75, 3.05) is 45.4 Å². The van der Waals surface area contributed by atoms with Gasteiger partial charge in [-0.25, -0.2) is 4.98 Å². The molecule has 1 fully saturated rings. The Bertz CT molecular complexity index is 1020. The first-order chi connectivity index (χ1) is 14.2. The van der Waals surface area contributed by atoms with Gasteiger partial charge in [0.05, 0.1) is 27.4 Å². The third-order valence-corrected chi connectivity index (χ3v) is 4.71. The summed E-state index contributed by atoms with van der Waals surface area (Å²) in [5.74, 6) is 1.52. The highest BCUT2D eigenvalue weighted by Gasteiger charge is 2.25. The number of nitrogens with zero attached hydrogens (tertiary/aromatic N) is 4. The number of hydrogen-bond donors (Lipinski definition) is 1. The van der Waals surface area contributed by atoms with Crippen LogP contribution in [0.3, 0.4) is 0 Å². The molecule has 29 heavy (non-hydrogen) atoms. The fraction of sp³-hybridized carbons (Fsp3) is 0.368. The fourth-order valence-electron chi connectivity index (χ4n) is 3.20. The predicted molar refractivity (Wildman–Crippen MR) is 103 cm³/mol. The normalized spacial score (nSPS) is 14.1. The lowest BCUT2D eigenvalue weighted by atomic mass is 10.2. The van der Waals surface area contributed by atoms with Crippen LogP contribution in [0.4, 0.5) is 5.82 Å². The van der Waals surface area contributed by atoms with Gasteiger partial charge in [0.2, 0.25) is 0 Å². The second kappa shape index (κ2) is 8.31. The Hall–Kier alpha value is -3.40. The second-order valence-electron chi connectivity index (χ2n) is 6.37. The number of fused-ring (bicyclic) bond motifs is 1. The minimum absolute atomic E-state index is 0.148. The van der Waals surface area contributed by atoms with Gasteiger partial charge in [-0.05, 0) is 12.1 Å². The quantitative estimate of drug-likeness (QED) is 0.657. The predicted octanol–water partition coefficient (Wildman–Crippen LogP) is 1.40. The number of amides is 1. The van der Waals surface area contributed by atoms with E-state index < -0.39 is 0 Å². The van der Waals surface area contributed by atoms with Crippen LogP contribution in [-0.4, -0.2) is 61.6 Å². The number of morpholine rings is 1. The zero-order valence-corrected chi connectivity index (χ0v) is 16.2. The van der Waals surface area contributed by atoms with Gasteiger partial charge in [0.15, 0.2) is 5.69 Å². The summed E-state index contributed by atoms with van der Waals surface area (Å²) in [7, 11) is 3.15. The number of aromatic nitrogens is 3. The van der Waals surface area contributed by atoms with E-state index in [4.69, 9.17) is 18.7 Å². The molecule has 0 atom stereocenters. The Labute approximate surface area is 166 Å². The van der Waals surface area contributed by atoms with E-state index >= 15 is 0 Å². The zero-order valence-electron chi connectivity index (χ0n) is 16.2. The molecule has 1 aromatic carbocycles. The molecule has 0 bridgehead atoms. The molecule has 1 aliphatic heterocycles. The molecule has 0 saturated carbocycles. The van der Waals surface area contributed by atoms with E-state index in [0.29, 0.717) is 49.0 Å². The molecule has 1 amide bonds. The largest absolute Gasteiger partial charge is 0.497 e. The summed E-state index contributed by atoms with van der Waals surface area (Å²) >= 11 is 0. The molecule has 1 aliphatic rings. The number of carbonyl (C=O) groups is 1. The molecule has 0 aliphatic carbocycles. The van der Waals surface area contributed by atoms with E-state index in [1.807, 2.05) is 11.0 Å². The van der Waals surface area contributed by atoms with Gasteiger partial charge in [-0.15, -0.1) is 0 Å². The minimum Gasteiger partial charge on any atom is -0.497 e. The summed E-state index contributed by atoms with van der Waals surface area (Å²) in [6.07, 6.45) is 1.40. The first-order valence-corrected chi connectivity index (χ1v) is 9.13. The van der Waals surface area contributed by atoms with Gasteiger partial charge in [0, 0.05) is 31.3 Å². The van der Waals surface area contributed by atoms with Crippen LogP contribution in [0.1, 0.15) is 16.1 Å². The van der Waals surface area contributed by atoms with Crippen LogP contribution in [0.25, 0.3) is 11.1 Å². The van der Waals surface area contributed by atoms with Crippen molar-refractivity contribution in [3.63, 3.8) is 0 Å². The first-order valence-electron chi connectivity index (χ1n) is 9.13. The maximum atomic E-state index is 12.9. The highest BCUT2D eigenvalue weighted by atomic mass is 16.5. The highest BCUT2D eigenvalue weighted by molar-refractivity contribution is 6.07. The van der Waals surface area contributed by atoms with Crippen molar-refractivity contribution in [2.45, 2.75) is 6.54 Å². The molecule has 10 nitrogen and oxygen atoms in total. The number of rotatable bonds is 6. The van der Waals surface area contributed by atoms with Crippen molar-refractivity contribution < 1.29 is 23.5 Å². The number of ether oxygens (including phenoxy) is 3. The number of methoxy groups -OCH3 is 2. The standard InChI is InChI=1S/C19H21N5O5/c1-26-13-4-3-12(14(9-13)27-2)10-20-18(25)16-15-17(24-5-7-28-8-6-24)21-11-22-19(15)29-23-16/h3-4,9,11H,5-8,10H2,1-2H3,(H,20,25). The SMILES string of the molecule is COc1ccc(CNC(=O)c2noc3ncnc(N4CCOCC4)c23)c(OC)c1. The van der Waals surface area contributed by atoms with Crippen LogP contribution in [0.2, 0.25) is 0 Å². The van der Waals surface area contributed by atoms with Crippen LogP contribution >= 0.6 is 0 Å². The number of anilines is 1. The van der Waals surface area contributed by atoms with Crippen molar-refractivity contribution in [1.29, 1.82) is 0 Å². The van der Waals surface area contributed by atoms with Crippen LogP contribution in [-0.2, 0) is 11.3 Å². The van der Waals surface area contributed by atoms with Gasteiger partial charge in [-0.2, -0.15) is 4.98 Å². The fourth-order valence-corrected chi connectivity index (χ4v) is 3.20. The maximum Gasteiger partial charge on any atom is 0.274 e. The Morgan fingerprint density at radius 2 is 2.03 bits per heavy atom. The number of benzene rings is 1. The van der Waals surface area contributed by atoms with Gasteiger partial charge >= 0.3 is 0 Å². The summed E-state index contributed by atoms with van der Waals surface area (Å²) in [4.78, 5) is 23.3. The molecule has 0 spiro atoms. The molecular weight excluding hydrogens is 378 g/mol. The van der Waals surface area contributed by atoms with Gasteiger partial charge in [0.1, 0.15) is 29.0 Å². The molecule has 0 radical (unpaired) electrons. The Morgan fingerprint density at radius 3 is 2.79 bits per heavy atom. The van der Waals surface area contributed by atoms with Crippen LogP contribution < -0.4 is 19.7 Å². The van der Waals surface area contributed by atoms with Crippen LogP contribution in [0.5, 0.6) is 11.5 Å². The van der Waals surface area contributed by atoms with Crippen molar-refractivity contribution in [2.24, 2.45) is 0 Å². The smallest absolute Gasteiger partial charge is 0.274 e. The third-order valence-electron chi connectivity index (χ3n) is 4.71. The maximum absolute atomic E-state index is 12.9. The van der Waals surface area contributed by atoms with Gasteiger partial charge in [-0.3, -0.25) is 4.79 Å². The van der Waals surface area contributed by atoms with Crippen molar-refractivity contribution in [1.82, 2.24) is 20.4 Å². The molecule has 10 heteroatoms. The average molecular weight is 399 g/mol. The number of hydrogen-bond acceptors (Lipinski definition) is 9. The minimum atomic E-state index is -0.383. The topological polar surface area (TPSA) is 112 Å². The molecule has 152 valence electrons. The van der Waals surface area contributed by atoms with E-state index in [1.54, 1.807) is 26.4 Å². The summed E-state index contributed by atoms with van der Waals surface area (Å²) in [5, 5.41) is 7.28. The average Bonchev–Trinajstić information content (AvgIpc) is 3.22. The molecule has 3 heterocycles. The lowest BCUT2D eigenvalue weighted by Crippen LogP contribution is -2.37. The molecular formula is C19H21N5O5. The summed E-state index contributed by atoms with van der Waals surface area (Å²) < 4.78 is 21.2. The van der Waals surface area contributed by atoms with Crippen LogP contribution in [0.15, 0.2) is 29.0 Å². The van der Waals surface area contributed by atoms with Gasteiger partial charge in [0.25, 0.3) is 11.6 Å². The van der Waals surface area contributed by atoms with E-state index in [0.717, 1.165) is 5.56 Å². The molecule has 0 unspecified atom stereocenters. The zero-order chi connectivity index (χ0) is 20.2. The van der Waals surface area contributed by atoms with Crippen molar-refractivity contribution >= 4 is 22.8 Å². The molecule has 2 aromatic heterocycles. The van der Waals surface area contributed by atoms with E-state index in [1.165, 1.54) is 6.33 Å². The van der Waals surface area contributed by atoms with E-state index in [9.17, 15) is 4.79 Å². The number of carbonyl (C=O) groups excluding carboxylic acids is 1. The molecule has 1 N–H and O–H groups in total. The lowest BCUT2D eigenvalue weighted by Gasteiger charge is -2.27. The van der Waals surface area contributed by atoms with Crippen molar-refractivity contribution in [3.05, 3.63) is 35.8 Å².